The van der Waals surface area contributed by atoms with E-state index in [-0.39, 0.29) is 6.61 Å². The smallest absolute Gasteiger partial charge is 0.344 e. The van der Waals surface area contributed by atoms with E-state index in [2.05, 4.69) is 11.8 Å². The Kier molecular flexibility index (Phi) is 2.90. The minimum Gasteiger partial charge on any atom is -0.422 e. The van der Waals surface area contributed by atoms with Crippen molar-refractivity contribution >= 4 is 27.4 Å². The van der Waals surface area contributed by atoms with E-state index in [9.17, 15) is 4.79 Å². The van der Waals surface area contributed by atoms with Crippen molar-refractivity contribution in [2.75, 3.05) is 12.3 Å². The minimum atomic E-state index is -0.425. The Morgan fingerprint density at radius 2 is 1.90 bits per heavy atom. The molecule has 0 spiro atoms. The zero-order valence-corrected chi connectivity index (χ0v) is 10.5. The number of rotatable bonds is 0. The predicted molar refractivity (Wildman–Crippen MR) is 78.4 cm³/mol. The van der Waals surface area contributed by atoms with E-state index in [1.54, 1.807) is 24.3 Å². The van der Waals surface area contributed by atoms with Crippen LogP contribution in [-0.4, -0.2) is 11.7 Å². The second-order valence-corrected chi connectivity index (χ2v) is 4.37. The van der Waals surface area contributed by atoms with Gasteiger partial charge in [0.05, 0.1) is 5.39 Å². The van der Waals surface area contributed by atoms with Gasteiger partial charge in [0.1, 0.15) is 12.2 Å². The highest BCUT2D eigenvalue weighted by Gasteiger charge is 2.07. The van der Waals surface area contributed by atoms with Gasteiger partial charge < -0.3 is 15.3 Å². The molecule has 0 aliphatic carbocycles. The molecule has 3 aromatic rings. The van der Waals surface area contributed by atoms with Crippen LogP contribution in [0.5, 0.6) is 0 Å². The first kappa shape index (κ1) is 12.3. The molecule has 0 fully saturated rings. The zero-order chi connectivity index (χ0) is 14.1. The van der Waals surface area contributed by atoms with Crippen LogP contribution in [0, 0.1) is 11.8 Å². The first-order valence-electron chi connectivity index (χ1n) is 6.05. The van der Waals surface area contributed by atoms with Crippen molar-refractivity contribution in [3.63, 3.8) is 0 Å². The molecule has 20 heavy (non-hydrogen) atoms. The highest BCUT2D eigenvalue weighted by molar-refractivity contribution is 6.05. The van der Waals surface area contributed by atoms with E-state index in [1.807, 2.05) is 12.1 Å². The molecule has 1 aromatic heterocycles. The van der Waals surface area contributed by atoms with E-state index >= 15 is 0 Å². The fraction of sp³-hybridized carbons (Fsp3) is 0.0625. The minimum absolute atomic E-state index is 0.219. The van der Waals surface area contributed by atoms with Gasteiger partial charge in [-0.05, 0) is 24.3 Å². The molecule has 4 heteroatoms. The molecule has 1 heterocycles. The van der Waals surface area contributed by atoms with Crippen LogP contribution in [0.1, 0.15) is 5.56 Å². The Labute approximate surface area is 114 Å². The molecule has 0 unspecified atom stereocenters. The van der Waals surface area contributed by atoms with E-state index in [0.29, 0.717) is 22.2 Å². The van der Waals surface area contributed by atoms with Crippen LogP contribution in [0.2, 0.25) is 0 Å². The highest BCUT2D eigenvalue weighted by Crippen LogP contribution is 2.24. The number of fused-ring (bicyclic) bond motifs is 3. The molecule has 0 radical (unpaired) electrons. The van der Waals surface area contributed by atoms with E-state index in [1.165, 1.54) is 0 Å². The Morgan fingerprint density at radius 1 is 1.10 bits per heavy atom. The number of benzene rings is 2. The van der Waals surface area contributed by atoms with Crippen LogP contribution in [0.25, 0.3) is 21.7 Å². The first-order valence-corrected chi connectivity index (χ1v) is 6.05. The number of nitrogen functional groups attached to an aromatic ring is 1. The zero-order valence-electron chi connectivity index (χ0n) is 10.5. The summed E-state index contributed by atoms with van der Waals surface area (Å²) in [7, 11) is 0. The van der Waals surface area contributed by atoms with Crippen molar-refractivity contribution in [1.29, 1.82) is 0 Å². The lowest BCUT2D eigenvalue weighted by Gasteiger charge is -2.03. The van der Waals surface area contributed by atoms with Crippen LogP contribution >= 0.6 is 0 Å². The summed E-state index contributed by atoms with van der Waals surface area (Å²) in [5, 5.41) is 10.8. The lowest BCUT2D eigenvalue weighted by atomic mass is 10.0. The molecule has 0 saturated carbocycles. The SMILES string of the molecule is Nc1ccc2c(c1)oc(=O)c1cc(C#CCO)ccc12. The summed E-state index contributed by atoms with van der Waals surface area (Å²) in [5.41, 5.74) is 6.94. The van der Waals surface area contributed by atoms with Crippen molar-refractivity contribution < 1.29 is 9.52 Å². The first-order chi connectivity index (χ1) is 9.69. The average molecular weight is 265 g/mol. The maximum atomic E-state index is 12.0. The number of nitrogens with two attached hydrogens (primary N) is 1. The summed E-state index contributed by atoms with van der Waals surface area (Å²) in [6, 6.07) is 10.5. The van der Waals surface area contributed by atoms with Gasteiger partial charge in [0, 0.05) is 28.1 Å². The standard InChI is InChI=1S/C16H11NO3/c17-11-4-6-13-12-5-3-10(2-1-7-18)8-14(12)16(19)20-15(13)9-11/h3-6,8-9,18H,7,17H2. The van der Waals surface area contributed by atoms with Crippen molar-refractivity contribution in [1.82, 2.24) is 0 Å². The third-order valence-corrected chi connectivity index (χ3v) is 3.05. The van der Waals surface area contributed by atoms with Gasteiger partial charge in [-0.2, -0.15) is 0 Å². The maximum Gasteiger partial charge on any atom is 0.344 e. The molecule has 0 aliphatic heterocycles. The average Bonchev–Trinajstić information content (AvgIpc) is 2.45. The van der Waals surface area contributed by atoms with Gasteiger partial charge in [-0.3, -0.25) is 0 Å². The molecule has 4 nitrogen and oxygen atoms in total. The Balaban J connectivity index is 2.37. The molecule has 0 amide bonds. The Bertz CT molecular complexity index is 929. The van der Waals surface area contributed by atoms with E-state index in [0.717, 1.165) is 10.8 Å². The van der Waals surface area contributed by atoms with Crippen LogP contribution < -0.4 is 11.4 Å². The lowest BCUT2D eigenvalue weighted by molar-refractivity contribution is 0.350. The highest BCUT2D eigenvalue weighted by atomic mass is 16.4. The van der Waals surface area contributed by atoms with Crippen molar-refractivity contribution in [3.8, 4) is 11.8 Å². The fourth-order valence-electron chi connectivity index (χ4n) is 2.17. The summed E-state index contributed by atoms with van der Waals surface area (Å²) in [4.78, 5) is 12.0. The number of aliphatic hydroxyl groups is 1. The number of aliphatic hydroxyl groups excluding tert-OH is 1. The van der Waals surface area contributed by atoms with E-state index in [4.69, 9.17) is 15.3 Å². The number of hydrogen-bond donors (Lipinski definition) is 2. The van der Waals surface area contributed by atoms with Crippen molar-refractivity contribution in [2.24, 2.45) is 0 Å². The molecule has 3 N–H and O–H groups in total. The van der Waals surface area contributed by atoms with E-state index < -0.39 is 5.63 Å². The number of anilines is 1. The summed E-state index contributed by atoms with van der Waals surface area (Å²) in [6.45, 7) is -0.219. The van der Waals surface area contributed by atoms with Gasteiger partial charge in [-0.15, -0.1) is 0 Å². The fourth-order valence-corrected chi connectivity index (χ4v) is 2.17. The summed E-state index contributed by atoms with van der Waals surface area (Å²) >= 11 is 0. The van der Waals surface area contributed by atoms with Crippen LogP contribution in [0.3, 0.4) is 0 Å². The normalized spacial score (nSPS) is 10.4. The number of hydrogen-bond acceptors (Lipinski definition) is 4. The van der Waals surface area contributed by atoms with Gasteiger partial charge >= 0.3 is 5.63 Å². The molecule has 98 valence electrons. The summed E-state index contributed by atoms with van der Waals surface area (Å²) in [5.74, 6) is 5.32. The second-order valence-electron chi connectivity index (χ2n) is 4.37. The van der Waals surface area contributed by atoms with Gasteiger partial charge in [-0.25, -0.2) is 4.79 Å². The van der Waals surface area contributed by atoms with Crippen LogP contribution in [-0.2, 0) is 0 Å². The molecule has 0 aliphatic rings. The van der Waals surface area contributed by atoms with Gasteiger partial charge in [0.15, 0.2) is 0 Å². The van der Waals surface area contributed by atoms with Crippen LogP contribution in [0.4, 0.5) is 5.69 Å². The maximum absolute atomic E-state index is 12.0. The molecular weight excluding hydrogens is 254 g/mol. The van der Waals surface area contributed by atoms with Gasteiger partial charge in [-0.1, -0.05) is 17.9 Å². The van der Waals surface area contributed by atoms with Gasteiger partial charge in [0.25, 0.3) is 0 Å². The summed E-state index contributed by atoms with van der Waals surface area (Å²) in [6.07, 6.45) is 0. The largest absolute Gasteiger partial charge is 0.422 e. The Hall–Kier alpha value is -2.77. The van der Waals surface area contributed by atoms with Crippen molar-refractivity contribution in [2.45, 2.75) is 0 Å². The molecule has 0 saturated heterocycles. The molecule has 2 aromatic carbocycles. The molecule has 3 rings (SSSR count). The third kappa shape index (κ3) is 2.00. The quantitative estimate of drug-likeness (QED) is 0.281. The molecular formula is C16H11NO3. The third-order valence-electron chi connectivity index (χ3n) is 3.05. The Morgan fingerprint density at radius 3 is 2.70 bits per heavy atom. The van der Waals surface area contributed by atoms with Crippen LogP contribution in [0.15, 0.2) is 45.6 Å². The predicted octanol–water partition coefficient (Wildman–Crippen LogP) is 1.87. The van der Waals surface area contributed by atoms with Crippen molar-refractivity contribution in [3.05, 3.63) is 52.4 Å². The summed E-state index contributed by atoms with van der Waals surface area (Å²) < 4.78 is 5.28. The lowest BCUT2D eigenvalue weighted by Crippen LogP contribution is -2.00. The topological polar surface area (TPSA) is 76.5 Å². The second kappa shape index (κ2) is 4.72. The monoisotopic (exact) mass is 265 g/mol. The molecule has 0 bridgehead atoms. The van der Waals surface area contributed by atoms with Gasteiger partial charge in [0.2, 0.25) is 0 Å². The molecule has 0 atom stereocenters.